The number of phosphoric acid groups is 1. The quantitative estimate of drug-likeness (QED) is 0.0244. The number of aliphatic hydroxyl groups excluding tert-OH is 1. The van der Waals surface area contributed by atoms with Crippen molar-refractivity contribution in [1.29, 1.82) is 0 Å². The molecule has 0 rings (SSSR count). The number of allylic oxidation sites excluding steroid dienone is 19. The van der Waals surface area contributed by atoms with Gasteiger partial charge in [-0.3, -0.25) is 13.8 Å². The number of carbonyl (C=O) groups is 1. The molecule has 3 unspecified atom stereocenters. The third kappa shape index (κ3) is 46.7. The van der Waals surface area contributed by atoms with Crippen molar-refractivity contribution in [3.8, 4) is 0 Å². The number of nitrogens with zero attached hydrogens (tertiary/aromatic N) is 1. The second-order valence-electron chi connectivity index (χ2n) is 17.1. The standard InChI is InChI=1S/C54H91N2O6P/c1-6-8-10-12-14-16-18-20-21-22-23-24-25-26-27-28-29-30-31-32-33-34-35-36-38-40-42-44-46-48-54(58)55-52(51-62-63(59,60)61-50-49-56(3,4)5)53(57)47-45-43-41-39-37-19-17-15-13-11-9-7-2/h8,10,13-16,20-21,23-24,26-27,29-30,32-33,37,39,45,47,52-53,57H,6-7,9,11-12,17-19,22,25,28,31,34-36,38,40-44,46,48-51H2,1-5H3,(H-,55,58,59,60)/p+1/b10-8-,15-13+,16-14-,21-20-,24-23-,27-26-,30-29-,33-32-,39-37+,47-45+. The first-order chi connectivity index (χ1) is 30.5. The predicted octanol–water partition coefficient (Wildman–Crippen LogP) is 14.2. The number of hydrogen-bond donors (Lipinski definition) is 3. The molecule has 358 valence electrons. The lowest BCUT2D eigenvalue weighted by Gasteiger charge is -2.25. The molecule has 0 aliphatic carbocycles. The normalized spacial score (nSPS) is 15.2. The highest BCUT2D eigenvalue weighted by atomic mass is 31.2. The minimum absolute atomic E-state index is 0.0438. The zero-order chi connectivity index (χ0) is 46.4. The van der Waals surface area contributed by atoms with Crippen LogP contribution in [-0.2, 0) is 18.4 Å². The molecule has 9 heteroatoms. The molecule has 0 radical (unpaired) electrons. The van der Waals surface area contributed by atoms with Crippen LogP contribution in [0.5, 0.6) is 0 Å². The third-order valence-electron chi connectivity index (χ3n) is 9.89. The van der Waals surface area contributed by atoms with E-state index >= 15 is 0 Å². The molecule has 0 aromatic rings. The Hall–Kier alpha value is -3.10. The minimum atomic E-state index is -4.36. The molecule has 0 heterocycles. The van der Waals surface area contributed by atoms with E-state index in [4.69, 9.17) is 9.05 Å². The number of likely N-dealkylation sites (N-methyl/N-ethyl adjacent to an activating group) is 1. The summed E-state index contributed by atoms with van der Waals surface area (Å²) in [6.45, 7) is 4.58. The maximum atomic E-state index is 12.9. The molecule has 3 atom stereocenters. The lowest BCUT2D eigenvalue weighted by Crippen LogP contribution is -2.45. The number of unbranched alkanes of at least 4 members (excludes halogenated alkanes) is 11. The molecular weight excluding hydrogens is 804 g/mol. The van der Waals surface area contributed by atoms with Crippen molar-refractivity contribution in [1.82, 2.24) is 5.32 Å². The highest BCUT2D eigenvalue weighted by Crippen LogP contribution is 2.43. The molecule has 0 aliphatic heterocycles. The number of rotatable bonds is 42. The van der Waals surface area contributed by atoms with Crippen LogP contribution in [0.1, 0.15) is 162 Å². The lowest BCUT2D eigenvalue weighted by molar-refractivity contribution is -0.870. The van der Waals surface area contributed by atoms with Gasteiger partial charge in [-0.05, 0) is 96.3 Å². The van der Waals surface area contributed by atoms with Gasteiger partial charge in [-0.1, -0.05) is 180 Å². The van der Waals surface area contributed by atoms with Gasteiger partial charge in [-0.15, -0.1) is 0 Å². The summed E-state index contributed by atoms with van der Waals surface area (Å²) in [5, 5.41) is 13.8. The van der Waals surface area contributed by atoms with E-state index in [0.29, 0.717) is 17.4 Å². The fraction of sp³-hybridized carbons (Fsp3) is 0.611. The Balaban J connectivity index is 4.32. The van der Waals surface area contributed by atoms with Gasteiger partial charge in [-0.2, -0.15) is 0 Å². The van der Waals surface area contributed by atoms with Gasteiger partial charge in [0.1, 0.15) is 13.2 Å². The van der Waals surface area contributed by atoms with Gasteiger partial charge in [0, 0.05) is 6.42 Å². The molecule has 3 N–H and O–H groups in total. The molecule has 0 aliphatic rings. The van der Waals surface area contributed by atoms with Crippen molar-refractivity contribution < 1.29 is 32.9 Å². The van der Waals surface area contributed by atoms with E-state index in [1.807, 2.05) is 27.2 Å². The zero-order valence-corrected chi connectivity index (χ0v) is 41.4. The van der Waals surface area contributed by atoms with Crippen LogP contribution in [0.25, 0.3) is 0 Å². The molecule has 0 fully saturated rings. The summed E-state index contributed by atoms with van der Waals surface area (Å²) in [4.78, 5) is 23.1. The van der Waals surface area contributed by atoms with Crippen LogP contribution in [0.2, 0.25) is 0 Å². The van der Waals surface area contributed by atoms with Crippen molar-refractivity contribution in [2.75, 3.05) is 40.9 Å². The van der Waals surface area contributed by atoms with Crippen molar-refractivity contribution in [3.63, 3.8) is 0 Å². The van der Waals surface area contributed by atoms with E-state index in [1.54, 1.807) is 6.08 Å². The average molecular weight is 896 g/mol. The molecule has 8 nitrogen and oxygen atoms in total. The van der Waals surface area contributed by atoms with Crippen LogP contribution in [0.4, 0.5) is 0 Å². The van der Waals surface area contributed by atoms with Crippen molar-refractivity contribution in [2.45, 2.75) is 174 Å². The topological polar surface area (TPSA) is 105 Å². The van der Waals surface area contributed by atoms with E-state index in [0.717, 1.165) is 109 Å². The Kier molecular flexibility index (Phi) is 41.9. The van der Waals surface area contributed by atoms with Crippen LogP contribution < -0.4 is 5.32 Å². The Morgan fingerprint density at radius 3 is 1.46 bits per heavy atom. The Bertz CT molecular complexity index is 1430. The molecule has 0 aromatic heterocycles. The molecule has 0 spiro atoms. The summed E-state index contributed by atoms with van der Waals surface area (Å²) in [5.74, 6) is -0.211. The number of phosphoric ester groups is 1. The van der Waals surface area contributed by atoms with Gasteiger partial charge in [-0.25, -0.2) is 4.57 Å². The molecule has 0 aromatic carbocycles. The SMILES string of the molecule is CC/C=C\C/C=C\C/C=C\C/C=C\C/C=C\C/C=C\C/C=C\CCCCCCCCCC(=O)NC(COP(=O)(O)OCC[N+](C)(C)C)C(O)/C=C/CC/C=C/CC/C=C/CCCC. The van der Waals surface area contributed by atoms with Crippen LogP contribution in [0, 0.1) is 0 Å². The highest BCUT2D eigenvalue weighted by Gasteiger charge is 2.27. The van der Waals surface area contributed by atoms with Gasteiger partial charge in [0.05, 0.1) is 39.9 Å². The predicted molar refractivity (Wildman–Crippen MR) is 272 cm³/mol. The first-order valence-corrected chi connectivity index (χ1v) is 25.9. The van der Waals surface area contributed by atoms with E-state index in [1.165, 1.54) is 32.1 Å². The fourth-order valence-corrected chi connectivity index (χ4v) is 6.77. The van der Waals surface area contributed by atoms with Crippen LogP contribution in [0.3, 0.4) is 0 Å². The second-order valence-corrected chi connectivity index (χ2v) is 18.5. The molecule has 1 amide bonds. The summed E-state index contributed by atoms with van der Waals surface area (Å²) in [5.41, 5.74) is 0. The first-order valence-electron chi connectivity index (χ1n) is 24.4. The number of hydrogen-bond acceptors (Lipinski definition) is 5. The van der Waals surface area contributed by atoms with Crippen LogP contribution in [0.15, 0.2) is 122 Å². The van der Waals surface area contributed by atoms with Crippen LogP contribution >= 0.6 is 7.82 Å². The second kappa shape index (κ2) is 44.1. The number of nitrogens with one attached hydrogen (secondary N) is 1. The monoisotopic (exact) mass is 896 g/mol. The van der Waals surface area contributed by atoms with E-state index in [9.17, 15) is 19.4 Å². The van der Waals surface area contributed by atoms with Crippen molar-refractivity contribution in [3.05, 3.63) is 122 Å². The van der Waals surface area contributed by atoms with Gasteiger partial charge < -0.3 is 19.8 Å². The van der Waals surface area contributed by atoms with E-state index < -0.39 is 20.0 Å². The lowest BCUT2D eigenvalue weighted by atomic mass is 10.1. The molecule has 0 saturated heterocycles. The molecular formula is C54H92N2O6P+. The number of aliphatic hydroxyl groups is 1. The maximum absolute atomic E-state index is 12.9. The van der Waals surface area contributed by atoms with Crippen molar-refractivity contribution in [2.24, 2.45) is 0 Å². The summed E-state index contributed by atoms with van der Waals surface area (Å²) in [6.07, 6.45) is 65.7. The van der Waals surface area contributed by atoms with Gasteiger partial charge in [0.2, 0.25) is 5.91 Å². The minimum Gasteiger partial charge on any atom is -0.387 e. The van der Waals surface area contributed by atoms with Gasteiger partial charge in [0.15, 0.2) is 0 Å². The van der Waals surface area contributed by atoms with Crippen LogP contribution in [-0.4, -0.2) is 73.4 Å². The first kappa shape index (κ1) is 59.9. The summed E-state index contributed by atoms with van der Waals surface area (Å²) in [6, 6.07) is -0.883. The smallest absolute Gasteiger partial charge is 0.387 e. The third-order valence-corrected chi connectivity index (χ3v) is 10.9. The van der Waals surface area contributed by atoms with Crippen molar-refractivity contribution >= 4 is 13.7 Å². The van der Waals surface area contributed by atoms with E-state index in [-0.39, 0.29) is 19.1 Å². The summed E-state index contributed by atoms with van der Waals surface area (Å²) < 4.78 is 23.5. The number of amides is 1. The fourth-order valence-electron chi connectivity index (χ4n) is 6.04. The Morgan fingerprint density at radius 2 is 0.968 bits per heavy atom. The number of carbonyl (C=O) groups excluding carboxylic acids is 1. The summed E-state index contributed by atoms with van der Waals surface area (Å²) in [7, 11) is 1.51. The van der Waals surface area contributed by atoms with E-state index in [2.05, 4.69) is 129 Å². The Labute approximate surface area is 386 Å². The highest BCUT2D eigenvalue weighted by molar-refractivity contribution is 7.47. The largest absolute Gasteiger partial charge is 0.472 e. The Morgan fingerprint density at radius 1 is 0.556 bits per heavy atom. The zero-order valence-electron chi connectivity index (χ0n) is 40.5. The number of quaternary nitrogens is 1. The van der Waals surface area contributed by atoms with Gasteiger partial charge in [0.25, 0.3) is 0 Å². The molecule has 0 bridgehead atoms. The van der Waals surface area contributed by atoms with Gasteiger partial charge >= 0.3 is 7.82 Å². The molecule has 0 saturated carbocycles. The average Bonchev–Trinajstić information content (AvgIpc) is 3.24. The maximum Gasteiger partial charge on any atom is 0.472 e. The summed E-state index contributed by atoms with van der Waals surface area (Å²) >= 11 is 0. The molecule has 63 heavy (non-hydrogen) atoms.